The Bertz CT molecular complexity index is 484. The lowest BCUT2D eigenvalue weighted by Gasteiger charge is -2.04. The molecule has 1 heterocycles. The molecule has 0 amide bonds. The molecule has 0 aromatic carbocycles. The van der Waals surface area contributed by atoms with Crippen LogP contribution < -0.4 is 11.3 Å². The summed E-state index contributed by atoms with van der Waals surface area (Å²) in [6.07, 6.45) is 0. The van der Waals surface area contributed by atoms with E-state index in [1.807, 2.05) is 0 Å². The molecule has 6 nitrogen and oxygen atoms in total. The van der Waals surface area contributed by atoms with E-state index in [2.05, 4.69) is 16.5 Å². The third kappa shape index (κ3) is 4.31. The van der Waals surface area contributed by atoms with Crippen LogP contribution in [0, 0.1) is 0 Å². The SMILES string of the molecule is C=C(CSc1nc(N)cc(=O)[nH]1)C(=O)OCC. The van der Waals surface area contributed by atoms with Gasteiger partial charge in [-0.05, 0) is 6.92 Å². The molecule has 0 saturated heterocycles. The van der Waals surface area contributed by atoms with Crippen molar-refractivity contribution in [2.24, 2.45) is 0 Å². The first-order valence-corrected chi connectivity index (χ1v) is 5.86. The molecule has 1 rings (SSSR count). The van der Waals surface area contributed by atoms with E-state index in [1.165, 1.54) is 6.07 Å². The van der Waals surface area contributed by atoms with Crippen LogP contribution in [0.25, 0.3) is 0 Å². The standard InChI is InChI=1S/C10H13N3O3S/c1-3-16-9(15)6(2)5-17-10-12-7(11)4-8(14)13-10/h4H,2-3,5H2,1H3,(H3,11,12,13,14). The predicted molar refractivity (Wildman–Crippen MR) is 65.8 cm³/mol. The average molecular weight is 255 g/mol. The van der Waals surface area contributed by atoms with Gasteiger partial charge < -0.3 is 15.5 Å². The molecule has 0 aliphatic heterocycles. The Morgan fingerprint density at radius 3 is 3.00 bits per heavy atom. The Labute approximate surface area is 102 Å². The summed E-state index contributed by atoms with van der Waals surface area (Å²) in [5.74, 6) is -0.0325. The molecule has 92 valence electrons. The summed E-state index contributed by atoms with van der Waals surface area (Å²) in [6.45, 7) is 5.61. The van der Waals surface area contributed by atoms with Gasteiger partial charge in [0, 0.05) is 17.4 Å². The third-order valence-electron chi connectivity index (χ3n) is 1.69. The Balaban J connectivity index is 2.58. The fourth-order valence-corrected chi connectivity index (χ4v) is 1.74. The smallest absolute Gasteiger partial charge is 0.334 e. The topological polar surface area (TPSA) is 98.1 Å². The lowest BCUT2D eigenvalue weighted by Crippen LogP contribution is -2.11. The zero-order chi connectivity index (χ0) is 12.8. The van der Waals surface area contributed by atoms with Gasteiger partial charge in [-0.2, -0.15) is 0 Å². The molecule has 0 bridgehead atoms. The number of nitrogens with zero attached hydrogens (tertiary/aromatic N) is 1. The highest BCUT2D eigenvalue weighted by Gasteiger charge is 2.09. The number of ether oxygens (including phenoxy) is 1. The maximum Gasteiger partial charge on any atom is 0.334 e. The highest BCUT2D eigenvalue weighted by molar-refractivity contribution is 7.99. The molecular formula is C10H13N3O3S. The minimum atomic E-state index is -0.453. The first-order valence-electron chi connectivity index (χ1n) is 4.87. The van der Waals surface area contributed by atoms with E-state index in [9.17, 15) is 9.59 Å². The maximum atomic E-state index is 11.2. The van der Waals surface area contributed by atoms with E-state index < -0.39 is 5.97 Å². The Kier molecular flexibility index (Phi) is 4.77. The molecule has 0 unspecified atom stereocenters. The molecule has 1 aromatic heterocycles. The van der Waals surface area contributed by atoms with Crippen LogP contribution >= 0.6 is 11.8 Å². The van der Waals surface area contributed by atoms with Crippen molar-refractivity contribution >= 4 is 23.5 Å². The van der Waals surface area contributed by atoms with E-state index in [0.717, 1.165) is 11.8 Å². The molecule has 0 aliphatic carbocycles. The number of nitrogen functional groups attached to an aromatic ring is 1. The fraction of sp³-hybridized carbons (Fsp3) is 0.300. The molecule has 0 saturated carbocycles. The number of hydrogen-bond acceptors (Lipinski definition) is 6. The number of anilines is 1. The van der Waals surface area contributed by atoms with Crippen LogP contribution in [0.1, 0.15) is 6.92 Å². The van der Waals surface area contributed by atoms with E-state index in [1.54, 1.807) is 6.92 Å². The van der Waals surface area contributed by atoms with Gasteiger partial charge in [-0.1, -0.05) is 18.3 Å². The quantitative estimate of drug-likeness (QED) is 0.345. The second kappa shape index (κ2) is 6.09. The molecule has 7 heteroatoms. The van der Waals surface area contributed by atoms with Crippen molar-refractivity contribution in [1.82, 2.24) is 9.97 Å². The van der Waals surface area contributed by atoms with Crippen molar-refractivity contribution in [3.8, 4) is 0 Å². The Hall–Kier alpha value is -1.76. The van der Waals surface area contributed by atoms with Crippen LogP contribution in [0.3, 0.4) is 0 Å². The summed E-state index contributed by atoms with van der Waals surface area (Å²) in [6, 6.07) is 1.18. The van der Waals surface area contributed by atoms with Crippen LogP contribution in [-0.2, 0) is 9.53 Å². The number of nitrogens with one attached hydrogen (secondary N) is 1. The van der Waals surface area contributed by atoms with Crippen molar-refractivity contribution < 1.29 is 9.53 Å². The van der Waals surface area contributed by atoms with Crippen molar-refractivity contribution in [3.05, 3.63) is 28.6 Å². The maximum absolute atomic E-state index is 11.2. The number of carbonyl (C=O) groups is 1. The van der Waals surface area contributed by atoms with Crippen LogP contribution in [0.4, 0.5) is 5.82 Å². The summed E-state index contributed by atoms with van der Waals surface area (Å²) in [5.41, 5.74) is 5.39. The number of carbonyl (C=O) groups excluding carboxylic acids is 1. The minimum absolute atomic E-state index is 0.137. The number of aromatic amines is 1. The van der Waals surface area contributed by atoms with Crippen LogP contribution in [0.15, 0.2) is 28.2 Å². The van der Waals surface area contributed by atoms with Gasteiger partial charge in [0.25, 0.3) is 5.56 Å². The third-order valence-corrected chi connectivity index (χ3v) is 2.65. The van der Waals surface area contributed by atoms with Crippen LogP contribution in [0.2, 0.25) is 0 Å². The number of hydrogen-bond donors (Lipinski definition) is 2. The molecule has 0 aliphatic rings. The van der Waals surface area contributed by atoms with E-state index in [0.29, 0.717) is 17.3 Å². The molecular weight excluding hydrogens is 242 g/mol. The number of aromatic nitrogens is 2. The van der Waals surface area contributed by atoms with Gasteiger partial charge in [0.05, 0.1) is 6.61 Å². The number of thioether (sulfide) groups is 1. The van der Waals surface area contributed by atoms with Gasteiger partial charge in [0.15, 0.2) is 5.16 Å². The Morgan fingerprint density at radius 1 is 1.71 bits per heavy atom. The van der Waals surface area contributed by atoms with Gasteiger partial charge >= 0.3 is 5.97 Å². The summed E-state index contributed by atoms with van der Waals surface area (Å²) in [4.78, 5) is 28.7. The zero-order valence-corrected chi connectivity index (χ0v) is 10.2. The van der Waals surface area contributed by atoms with Crippen molar-refractivity contribution in [3.63, 3.8) is 0 Å². The number of esters is 1. The fourth-order valence-electron chi connectivity index (χ4n) is 0.969. The van der Waals surface area contributed by atoms with E-state index in [-0.39, 0.29) is 17.1 Å². The first kappa shape index (κ1) is 13.3. The van der Waals surface area contributed by atoms with Gasteiger partial charge in [0.2, 0.25) is 0 Å². The molecule has 0 fully saturated rings. The molecule has 0 atom stereocenters. The van der Waals surface area contributed by atoms with Gasteiger partial charge in [-0.3, -0.25) is 4.79 Å². The predicted octanol–water partition coefficient (Wildman–Crippen LogP) is 0.564. The number of rotatable bonds is 5. The first-order chi connectivity index (χ1) is 8.02. The molecule has 3 N–H and O–H groups in total. The summed E-state index contributed by atoms with van der Waals surface area (Å²) < 4.78 is 4.77. The van der Waals surface area contributed by atoms with Gasteiger partial charge in [-0.25, -0.2) is 9.78 Å². The second-order valence-corrected chi connectivity index (χ2v) is 4.05. The summed E-state index contributed by atoms with van der Waals surface area (Å²) in [7, 11) is 0. The molecule has 17 heavy (non-hydrogen) atoms. The summed E-state index contributed by atoms with van der Waals surface area (Å²) >= 11 is 1.16. The average Bonchev–Trinajstić information content (AvgIpc) is 2.25. The monoisotopic (exact) mass is 255 g/mol. The van der Waals surface area contributed by atoms with Crippen molar-refractivity contribution in [2.45, 2.75) is 12.1 Å². The second-order valence-electron chi connectivity index (χ2n) is 3.09. The lowest BCUT2D eigenvalue weighted by atomic mass is 10.4. The van der Waals surface area contributed by atoms with Crippen LogP contribution in [-0.4, -0.2) is 28.3 Å². The van der Waals surface area contributed by atoms with E-state index >= 15 is 0 Å². The number of H-pyrrole nitrogens is 1. The van der Waals surface area contributed by atoms with Crippen LogP contribution in [0.5, 0.6) is 0 Å². The Morgan fingerprint density at radius 2 is 2.41 bits per heavy atom. The highest BCUT2D eigenvalue weighted by Crippen LogP contribution is 2.15. The zero-order valence-electron chi connectivity index (χ0n) is 9.36. The van der Waals surface area contributed by atoms with Gasteiger partial charge in [0.1, 0.15) is 5.82 Å². The normalized spacial score (nSPS) is 9.94. The minimum Gasteiger partial charge on any atom is -0.463 e. The number of nitrogens with two attached hydrogens (primary N) is 1. The van der Waals surface area contributed by atoms with Crippen molar-refractivity contribution in [2.75, 3.05) is 18.1 Å². The molecule has 1 aromatic rings. The molecule has 0 spiro atoms. The van der Waals surface area contributed by atoms with Gasteiger partial charge in [-0.15, -0.1) is 0 Å². The largest absolute Gasteiger partial charge is 0.463 e. The lowest BCUT2D eigenvalue weighted by molar-refractivity contribution is -0.138. The van der Waals surface area contributed by atoms with Crippen molar-refractivity contribution in [1.29, 1.82) is 0 Å². The highest BCUT2D eigenvalue weighted by atomic mass is 32.2. The summed E-state index contributed by atoms with van der Waals surface area (Å²) in [5, 5.41) is 0.348. The van der Waals surface area contributed by atoms with E-state index in [4.69, 9.17) is 10.5 Å². The molecule has 0 radical (unpaired) electrons.